The van der Waals surface area contributed by atoms with Crippen LogP contribution in [0.25, 0.3) is 23.3 Å². The van der Waals surface area contributed by atoms with E-state index in [1.54, 1.807) is 30.4 Å². The molecule has 0 amide bonds. The van der Waals surface area contributed by atoms with Crippen molar-refractivity contribution in [1.82, 2.24) is 9.97 Å². The van der Waals surface area contributed by atoms with Crippen LogP contribution in [0.4, 0.5) is 0 Å². The lowest BCUT2D eigenvalue weighted by molar-refractivity contribution is 0.373. The van der Waals surface area contributed by atoms with Crippen molar-refractivity contribution in [2.75, 3.05) is 7.11 Å². The Morgan fingerprint density at radius 2 is 1.88 bits per heavy atom. The fraction of sp³-hybridized carbons (Fsp3) is 0.100. The number of phenolic OH excluding ortho intramolecular Hbond substituents is 1. The Balaban J connectivity index is 1.93. The van der Waals surface area contributed by atoms with Gasteiger partial charge in [0.2, 0.25) is 0 Å². The number of hydrogen-bond acceptors (Lipinski definition) is 4. The van der Waals surface area contributed by atoms with Crippen LogP contribution < -0.4 is 10.3 Å². The van der Waals surface area contributed by atoms with Gasteiger partial charge in [-0.15, -0.1) is 0 Å². The van der Waals surface area contributed by atoms with Crippen LogP contribution in [0.15, 0.2) is 53.3 Å². The van der Waals surface area contributed by atoms with Crippen LogP contribution in [0.1, 0.15) is 17.1 Å². The summed E-state index contributed by atoms with van der Waals surface area (Å²) in [5.41, 5.74) is 2.72. The van der Waals surface area contributed by atoms with Gasteiger partial charge in [0.1, 0.15) is 5.82 Å². The van der Waals surface area contributed by atoms with E-state index in [-0.39, 0.29) is 11.3 Å². The molecule has 25 heavy (non-hydrogen) atoms. The van der Waals surface area contributed by atoms with E-state index < -0.39 is 0 Å². The summed E-state index contributed by atoms with van der Waals surface area (Å²) in [7, 11) is 1.49. The predicted octanol–water partition coefficient (Wildman–Crippen LogP) is 3.63. The molecule has 0 saturated heterocycles. The number of aromatic nitrogens is 2. The molecule has 126 valence electrons. The summed E-state index contributed by atoms with van der Waals surface area (Å²) >= 11 is 0. The van der Waals surface area contributed by atoms with E-state index in [1.807, 2.05) is 37.3 Å². The molecule has 1 aromatic heterocycles. The van der Waals surface area contributed by atoms with Gasteiger partial charge >= 0.3 is 0 Å². The fourth-order valence-electron chi connectivity index (χ4n) is 2.60. The van der Waals surface area contributed by atoms with E-state index in [1.165, 1.54) is 7.11 Å². The number of aryl methyl sites for hydroxylation is 1. The molecule has 0 aliphatic rings. The molecule has 2 N–H and O–H groups in total. The molecule has 0 aliphatic carbocycles. The minimum Gasteiger partial charge on any atom is -0.504 e. The molecule has 5 nitrogen and oxygen atoms in total. The molecule has 2 aromatic carbocycles. The molecular weight excluding hydrogens is 316 g/mol. The van der Waals surface area contributed by atoms with Gasteiger partial charge in [-0.25, -0.2) is 4.98 Å². The maximum Gasteiger partial charge on any atom is 0.259 e. The number of aromatic hydroxyl groups is 1. The average Bonchev–Trinajstić information content (AvgIpc) is 2.61. The van der Waals surface area contributed by atoms with E-state index in [0.29, 0.717) is 22.8 Å². The lowest BCUT2D eigenvalue weighted by atomic mass is 10.1. The standard InChI is InChI=1S/C20H18N2O3/c1-13-19(15-6-4-3-5-7-15)20(24)22-18(21-13)11-9-14-8-10-16(23)17(12-14)25-2/h3-12,23H,1-2H3,(H,21,22,24)/b11-9+. The molecule has 5 heteroatoms. The number of hydrogen-bond donors (Lipinski definition) is 2. The van der Waals surface area contributed by atoms with E-state index in [2.05, 4.69) is 9.97 Å². The van der Waals surface area contributed by atoms with Gasteiger partial charge in [-0.3, -0.25) is 4.79 Å². The molecule has 0 radical (unpaired) electrons. The van der Waals surface area contributed by atoms with Gasteiger partial charge in [-0.05, 0) is 36.3 Å². The van der Waals surface area contributed by atoms with Gasteiger partial charge < -0.3 is 14.8 Å². The second-order valence-electron chi connectivity index (χ2n) is 5.54. The first-order chi connectivity index (χ1) is 12.1. The maximum absolute atomic E-state index is 12.4. The first-order valence-corrected chi connectivity index (χ1v) is 7.80. The third kappa shape index (κ3) is 3.61. The van der Waals surface area contributed by atoms with Crippen LogP contribution in [0.5, 0.6) is 11.5 Å². The van der Waals surface area contributed by atoms with Gasteiger partial charge in [0.25, 0.3) is 5.56 Å². The first kappa shape index (κ1) is 16.5. The molecule has 3 aromatic rings. The number of H-pyrrole nitrogens is 1. The Bertz CT molecular complexity index is 976. The summed E-state index contributed by atoms with van der Waals surface area (Å²) in [5, 5.41) is 9.62. The van der Waals surface area contributed by atoms with Crippen molar-refractivity contribution < 1.29 is 9.84 Å². The number of aromatic amines is 1. The summed E-state index contributed by atoms with van der Waals surface area (Å²) in [6, 6.07) is 14.5. The first-order valence-electron chi connectivity index (χ1n) is 7.80. The Morgan fingerprint density at radius 3 is 2.56 bits per heavy atom. The van der Waals surface area contributed by atoms with E-state index in [9.17, 15) is 9.90 Å². The number of benzene rings is 2. The molecular formula is C20H18N2O3. The number of nitrogens with zero attached hydrogens (tertiary/aromatic N) is 1. The van der Waals surface area contributed by atoms with Crippen LogP contribution in [0, 0.1) is 6.92 Å². The lowest BCUT2D eigenvalue weighted by Gasteiger charge is -2.06. The zero-order chi connectivity index (χ0) is 17.8. The number of phenols is 1. The number of nitrogens with one attached hydrogen (secondary N) is 1. The summed E-state index contributed by atoms with van der Waals surface area (Å²) in [4.78, 5) is 19.7. The summed E-state index contributed by atoms with van der Waals surface area (Å²) in [6.07, 6.45) is 3.51. The highest BCUT2D eigenvalue weighted by Crippen LogP contribution is 2.27. The van der Waals surface area contributed by atoms with Gasteiger partial charge in [-0.1, -0.05) is 42.5 Å². The van der Waals surface area contributed by atoms with Crippen molar-refractivity contribution in [2.45, 2.75) is 6.92 Å². The lowest BCUT2D eigenvalue weighted by Crippen LogP contribution is -2.14. The van der Waals surface area contributed by atoms with Gasteiger partial charge in [-0.2, -0.15) is 0 Å². The molecule has 1 heterocycles. The second kappa shape index (κ2) is 7.05. The number of methoxy groups -OCH3 is 1. The minimum absolute atomic E-state index is 0.0780. The molecule has 0 saturated carbocycles. The van der Waals surface area contributed by atoms with Crippen molar-refractivity contribution >= 4 is 12.2 Å². The van der Waals surface area contributed by atoms with Crippen molar-refractivity contribution in [2.24, 2.45) is 0 Å². The highest BCUT2D eigenvalue weighted by molar-refractivity contribution is 5.70. The Hall–Kier alpha value is -3.34. The largest absolute Gasteiger partial charge is 0.504 e. The molecule has 0 spiro atoms. The third-order valence-electron chi connectivity index (χ3n) is 3.82. The number of rotatable bonds is 4. The van der Waals surface area contributed by atoms with Crippen molar-refractivity contribution in [3.05, 3.63) is 76.0 Å². The molecule has 0 unspecified atom stereocenters. The molecule has 0 bridgehead atoms. The zero-order valence-electron chi connectivity index (χ0n) is 14.0. The summed E-state index contributed by atoms with van der Waals surface area (Å²) < 4.78 is 5.08. The Morgan fingerprint density at radius 1 is 1.12 bits per heavy atom. The SMILES string of the molecule is COc1cc(/C=C/c2nc(C)c(-c3ccccc3)c(=O)[nH]2)ccc1O. The average molecular weight is 334 g/mol. The highest BCUT2D eigenvalue weighted by atomic mass is 16.5. The van der Waals surface area contributed by atoms with Crippen LogP contribution in [-0.2, 0) is 0 Å². The maximum atomic E-state index is 12.4. The molecule has 3 rings (SSSR count). The monoisotopic (exact) mass is 334 g/mol. The van der Waals surface area contributed by atoms with E-state index in [4.69, 9.17) is 4.74 Å². The zero-order valence-corrected chi connectivity index (χ0v) is 14.0. The van der Waals surface area contributed by atoms with Crippen LogP contribution in [-0.4, -0.2) is 22.2 Å². The van der Waals surface area contributed by atoms with Gasteiger partial charge in [0.05, 0.1) is 18.4 Å². The Labute approximate surface area is 145 Å². The number of ether oxygens (including phenoxy) is 1. The summed E-state index contributed by atoms with van der Waals surface area (Å²) in [5.74, 6) is 0.933. The predicted molar refractivity (Wildman–Crippen MR) is 98.6 cm³/mol. The van der Waals surface area contributed by atoms with Gasteiger partial charge in [0.15, 0.2) is 11.5 Å². The van der Waals surface area contributed by atoms with Crippen LogP contribution in [0.3, 0.4) is 0 Å². The van der Waals surface area contributed by atoms with E-state index in [0.717, 1.165) is 11.1 Å². The second-order valence-corrected chi connectivity index (χ2v) is 5.54. The molecule has 0 fully saturated rings. The Kier molecular flexibility index (Phi) is 4.66. The van der Waals surface area contributed by atoms with Crippen LogP contribution in [0.2, 0.25) is 0 Å². The third-order valence-corrected chi connectivity index (χ3v) is 3.82. The topological polar surface area (TPSA) is 75.2 Å². The van der Waals surface area contributed by atoms with Crippen molar-refractivity contribution in [3.8, 4) is 22.6 Å². The molecule has 0 atom stereocenters. The van der Waals surface area contributed by atoms with Crippen molar-refractivity contribution in [3.63, 3.8) is 0 Å². The van der Waals surface area contributed by atoms with E-state index >= 15 is 0 Å². The molecule has 0 aliphatic heterocycles. The minimum atomic E-state index is -0.179. The fourth-order valence-corrected chi connectivity index (χ4v) is 2.60. The smallest absolute Gasteiger partial charge is 0.259 e. The van der Waals surface area contributed by atoms with Gasteiger partial charge in [0, 0.05) is 0 Å². The van der Waals surface area contributed by atoms with Crippen molar-refractivity contribution in [1.29, 1.82) is 0 Å². The quantitative estimate of drug-likeness (QED) is 0.764. The normalized spacial score (nSPS) is 11.0. The van der Waals surface area contributed by atoms with Crippen LogP contribution >= 0.6 is 0 Å². The summed E-state index contributed by atoms with van der Waals surface area (Å²) in [6.45, 7) is 1.82. The highest BCUT2D eigenvalue weighted by Gasteiger charge is 2.09.